The van der Waals surface area contributed by atoms with Crippen molar-refractivity contribution in [1.82, 2.24) is 14.3 Å². The van der Waals surface area contributed by atoms with E-state index in [-0.39, 0.29) is 12.5 Å². The Labute approximate surface area is 177 Å². The first kappa shape index (κ1) is 21.5. The van der Waals surface area contributed by atoms with Gasteiger partial charge in [0, 0.05) is 31.0 Å². The first-order valence-corrected chi connectivity index (χ1v) is 10.5. The van der Waals surface area contributed by atoms with Gasteiger partial charge in [-0.15, -0.1) is 0 Å². The summed E-state index contributed by atoms with van der Waals surface area (Å²) in [5.74, 6) is 1.23. The fourth-order valence-electron chi connectivity index (χ4n) is 3.37. The number of ether oxygens (including phenoxy) is 2. The normalized spacial score (nSPS) is 10.9. The zero-order chi connectivity index (χ0) is 21.5. The summed E-state index contributed by atoms with van der Waals surface area (Å²) >= 11 is 0. The van der Waals surface area contributed by atoms with Crippen molar-refractivity contribution in [2.24, 2.45) is 0 Å². The molecule has 0 aliphatic rings. The number of anilines is 1. The van der Waals surface area contributed by atoms with E-state index in [1.54, 1.807) is 0 Å². The fourth-order valence-corrected chi connectivity index (χ4v) is 3.37. The predicted molar refractivity (Wildman–Crippen MR) is 119 cm³/mol. The average molecular weight is 411 g/mol. The molecule has 0 bridgehead atoms. The zero-order valence-corrected chi connectivity index (χ0v) is 17.9. The number of pyridine rings is 1. The highest BCUT2D eigenvalue weighted by Crippen LogP contribution is 2.30. The van der Waals surface area contributed by atoms with Crippen LogP contribution in [-0.2, 0) is 4.79 Å². The van der Waals surface area contributed by atoms with Gasteiger partial charge in [0.1, 0.15) is 5.75 Å². The Kier molecular flexibility index (Phi) is 7.17. The summed E-state index contributed by atoms with van der Waals surface area (Å²) in [6.45, 7) is 8.10. The SMILES string of the molecule is CCCN(CCC)C(=O)COc1cccn2cc(-c3ccc(OCC)c(N)c3)nc12. The first-order chi connectivity index (χ1) is 14.6. The second kappa shape index (κ2) is 10.0. The molecule has 0 spiro atoms. The largest absolute Gasteiger partial charge is 0.492 e. The second-order valence-corrected chi connectivity index (χ2v) is 7.08. The van der Waals surface area contributed by atoms with E-state index in [1.165, 1.54) is 0 Å². The monoisotopic (exact) mass is 410 g/mol. The summed E-state index contributed by atoms with van der Waals surface area (Å²) in [6.07, 6.45) is 5.67. The van der Waals surface area contributed by atoms with Crippen LogP contribution in [0.2, 0.25) is 0 Å². The summed E-state index contributed by atoms with van der Waals surface area (Å²) < 4.78 is 13.3. The van der Waals surface area contributed by atoms with Gasteiger partial charge in [-0.25, -0.2) is 4.98 Å². The highest BCUT2D eigenvalue weighted by atomic mass is 16.5. The van der Waals surface area contributed by atoms with Crippen molar-refractivity contribution >= 4 is 17.2 Å². The van der Waals surface area contributed by atoms with Crippen molar-refractivity contribution < 1.29 is 14.3 Å². The van der Waals surface area contributed by atoms with Gasteiger partial charge in [0.25, 0.3) is 5.91 Å². The third-order valence-corrected chi connectivity index (χ3v) is 4.74. The van der Waals surface area contributed by atoms with Gasteiger partial charge in [-0.1, -0.05) is 13.8 Å². The Morgan fingerprint density at radius 1 is 1.10 bits per heavy atom. The molecular formula is C23H30N4O3. The van der Waals surface area contributed by atoms with E-state index in [0.29, 0.717) is 29.4 Å². The number of carbonyl (C=O) groups is 1. The molecule has 1 amide bonds. The molecule has 1 aromatic carbocycles. The molecule has 2 aromatic heterocycles. The molecule has 0 unspecified atom stereocenters. The van der Waals surface area contributed by atoms with Gasteiger partial charge in [-0.2, -0.15) is 0 Å². The number of hydrogen-bond acceptors (Lipinski definition) is 5. The number of fused-ring (bicyclic) bond motifs is 1. The maximum absolute atomic E-state index is 12.5. The molecule has 0 fully saturated rings. The molecule has 0 saturated carbocycles. The molecule has 7 heteroatoms. The lowest BCUT2D eigenvalue weighted by Crippen LogP contribution is -2.36. The lowest BCUT2D eigenvalue weighted by molar-refractivity contribution is -0.133. The number of aromatic nitrogens is 2. The van der Waals surface area contributed by atoms with E-state index < -0.39 is 0 Å². The zero-order valence-electron chi connectivity index (χ0n) is 17.9. The van der Waals surface area contributed by atoms with E-state index in [9.17, 15) is 4.79 Å². The molecule has 0 aliphatic heterocycles. The maximum Gasteiger partial charge on any atom is 0.260 e. The van der Waals surface area contributed by atoms with Gasteiger partial charge in [0.05, 0.1) is 18.0 Å². The molecule has 3 rings (SSSR count). The van der Waals surface area contributed by atoms with Crippen molar-refractivity contribution in [2.75, 3.05) is 32.0 Å². The number of nitrogens with zero attached hydrogens (tertiary/aromatic N) is 3. The lowest BCUT2D eigenvalue weighted by Gasteiger charge is -2.21. The summed E-state index contributed by atoms with van der Waals surface area (Å²) in [5, 5.41) is 0. The van der Waals surface area contributed by atoms with Crippen molar-refractivity contribution in [3.05, 3.63) is 42.7 Å². The molecular weight excluding hydrogens is 380 g/mol. The molecule has 0 saturated heterocycles. The molecule has 160 valence electrons. The summed E-state index contributed by atoms with van der Waals surface area (Å²) in [5.41, 5.74) is 8.99. The van der Waals surface area contributed by atoms with Crippen LogP contribution in [-0.4, -0.2) is 46.5 Å². The number of benzene rings is 1. The Hall–Kier alpha value is -3.22. The van der Waals surface area contributed by atoms with E-state index >= 15 is 0 Å². The number of amides is 1. The molecule has 0 radical (unpaired) electrons. The minimum Gasteiger partial charge on any atom is -0.492 e. The lowest BCUT2D eigenvalue weighted by atomic mass is 10.1. The van der Waals surface area contributed by atoms with Crippen LogP contribution in [0.25, 0.3) is 16.9 Å². The molecule has 7 nitrogen and oxygen atoms in total. The number of carbonyl (C=O) groups excluding carboxylic acids is 1. The summed E-state index contributed by atoms with van der Waals surface area (Å²) in [7, 11) is 0. The Balaban J connectivity index is 1.80. The van der Waals surface area contributed by atoms with Gasteiger partial charge < -0.3 is 24.5 Å². The average Bonchev–Trinajstić information content (AvgIpc) is 3.18. The van der Waals surface area contributed by atoms with Crippen LogP contribution < -0.4 is 15.2 Å². The number of imidazole rings is 1. The Morgan fingerprint density at radius 2 is 1.87 bits per heavy atom. The number of hydrogen-bond donors (Lipinski definition) is 1. The summed E-state index contributed by atoms with van der Waals surface area (Å²) in [6, 6.07) is 9.34. The predicted octanol–water partition coefficient (Wildman–Crippen LogP) is 4.01. The standard InChI is InChI=1S/C23H30N4O3/c1-4-11-26(12-5-2)22(28)16-30-21-8-7-13-27-15-19(25-23(21)27)17-9-10-20(29-6-3)18(24)14-17/h7-10,13-15H,4-6,11-12,16,24H2,1-3H3. The topological polar surface area (TPSA) is 82.1 Å². The van der Waals surface area contributed by atoms with E-state index in [0.717, 1.165) is 37.2 Å². The third kappa shape index (κ3) is 4.84. The highest BCUT2D eigenvalue weighted by Gasteiger charge is 2.15. The third-order valence-electron chi connectivity index (χ3n) is 4.74. The van der Waals surface area contributed by atoms with Crippen LogP contribution in [0.1, 0.15) is 33.6 Å². The number of rotatable bonds is 10. The Morgan fingerprint density at radius 3 is 2.53 bits per heavy atom. The Bertz CT molecular complexity index is 993. The van der Waals surface area contributed by atoms with Crippen molar-refractivity contribution in [3.63, 3.8) is 0 Å². The van der Waals surface area contributed by atoms with E-state index in [1.807, 2.05) is 58.9 Å². The summed E-state index contributed by atoms with van der Waals surface area (Å²) in [4.78, 5) is 19.1. The maximum atomic E-state index is 12.5. The molecule has 0 aliphatic carbocycles. The van der Waals surface area contributed by atoms with Crippen LogP contribution in [0.3, 0.4) is 0 Å². The van der Waals surface area contributed by atoms with Gasteiger partial charge in [-0.3, -0.25) is 4.79 Å². The number of nitrogen functional groups attached to an aromatic ring is 1. The second-order valence-electron chi connectivity index (χ2n) is 7.08. The highest BCUT2D eigenvalue weighted by molar-refractivity contribution is 5.78. The smallest absolute Gasteiger partial charge is 0.260 e. The van der Waals surface area contributed by atoms with Crippen LogP contribution in [0, 0.1) is 0 Å². The molecule has 2 N–H and O–H groups in total. The van der Waals surface area contributed by atoms with Gasteiger partial charge in [0.2, 0.25) is 0 Å². The van der Waals surface area contributed by atoms with Gasteiger partial charge in [-0.05, 0) is 50.1 Å². The van der Waals surface area contributed by atoms with Crippen LogP contribution in [0.15, 0.2) is 42.7 Å². The van der Waals surface area contributed by atoms with Crippen molar-refractivity contribution in [3.8, 4) is 22.8 Å². The first-order valence-electron chi connectivity index (χ1n) is 10.5. The van der Waals surface area contributed by atoms with Crippen LogP contribution in [0.5, 0.6) is 11.5 Å². The molecule has 30 heavy (non-hydrogen) atoms. The van der Waals surface area contributed by atoms with Crippen molar-refractivity contribution in [2.45, 2.75) is 33.6 Å². The van der Waals surface area contributed by atoms with Crippen LogP contribution >= 0.6 is 0 Å². The van der Waals surface area contributed by atoms with Gasteiger partial charge in [0.15, 0.2) is 18.0 Å². The van der Waals surface area contributed by atoms with Crippen molar-refractivity contribution in [1.29, 1.82) is 0 Å². The van der Waals surface area contributed by atoms with Crippen LogP contribution in [0.4, 0.5) is 5.69 Å². The molecule has 3 aromatic rings. The number of nitrogens with two attached hydrogens (primary N) is 1. The van der Waals surface area contributed by atoms with E-state index in [4.69, 9.17) is 20.2 Å². The molecule has 0 atom stereocenters. The fraction of sp³-hybridized carbons (Fsp3) is 0.391. The molecule has 2 heterocycles. The minimum atomic E-state index is -0.00762. The quantitative estimate of drug-likeness (QED) is 0.511. The van der Waals surface area contributed by atoms with E-state index in [2.05, 4.69) is 13.8 Å². The van der Waals surface area contributed by atoms with Gasteiger partial charge >= 0.3 is 0 Å². The minimum absolute atomic E-state index is 0.00211.